The number of ether oxygens (including phenoxy) is 2. The molecule has 1 aliphatic carbocycles. The summed E-state index contributed by atoms with van der Waals surface area (Å²) in [7, 11) is -0.811. The SMILES string of the molecule is COc1ccc(CN(C2CC2)S(=O)(=O)c2cc(NC(C)=O)ccc2OC)cc1. The second-order valence-electron chi connectivity index (χ2n) is 6.68. The summed E-state index contributed by atoms with van der Waals surface area (Å²) >= 11 is 0. The van der Waals surface area contributed by atoms with E-state index in [1.807, 2.05) is 24.3 Å². The molecule has 0 bridgehead atoms. The van der Waals surface area contributed by atoms with Crippen LogP contribution in [-0.4, -0.2) is 38.9 Å². The monoisotopic (exact) mass is 404 g/mol. The van der Waals surface area contributed by atoms with Crippen molar-refractivity contribution < 1.29 is 22.7 Å². The lowest BCUT2D eigenvalue weighted by Crippen LogP contribution is -2.33. The van der Waals surface area contributed by atoms with Gasteiger partial charge in [0.1, 0.15) is 16.4 Å². The van der Waals surface area contributed by atoms with Crippen molar-refractivity contribution in [1.29, 1.82) is 0 Å². The molecular formula is C20H24N2O5S. The summed E-state index contributed by atoms with van der Waals surface area (Å²) in [5, 5.41) is 2.62. The highest BCUT2D eigenvalue weighted by Gasteiger charge is 2.39. The molecule has 3 rings (SSSR count). The van der Waals surface area contributed by atoms with Gasteiger partial charge in [0.15, 0.2) is 0 Å². The van der Waals surface area contributed by atoms with Crippen LogP contribution in [0.15, 0.2) is 47.4 Å². The van der Waals surface area contributed by atoms with E-state index in [2.05, 4.69) is 5.32 Å². The Labute approximate surface area is 165 Å². The van der Waals surface area contributed by atoms with Crippen molar-refractivity contribution in [3.63, 3.8) is 0 Å². The van der Waals surface area contributed by atoms with Crippen LogP contribution in [0.3, 0.4) is 0 Å². The van der Waals surface area contributed by atoms with Gasteiger partial charge in [-0.1, -0.05) is 12.1 Å². The smallest absolute Gasteiger partial charge is 0.247 e. The van der Waals surface area contributed by atoms with E-state index in [9.17, 15) is 13.2 Å². The third-order valence-corrected chi connectivity index (χ3v) is 6.44. The Morgan fingerprint density at radius 2 is 1.79 bits per heavy atom. The van der Waals surface area contributed by atoms with Crippen LogP contribution in [0.4, 0.5) is 5.69 Å². The van der Waals surface area contributed by atoms with Gasteiger partial charge in [-0.25, -0.2) is 8.42 Å². The zero-order chi connectivity index (χ0) is 20.3. The van der Waals surface area contributed by atoms with Gasteiger partial charge in [0.05, 0.1) is 14.2 Å². The zero-order valence-electron chi connectivity index (χ0n) is 16.1. The van der Waals surface area contributed by atoms with Crippen LogP contribution in [0, 0.1) is 0 Å². The van der Waals surface area contributed by atoms with Crippen molar-refractivity contribution in [2.24, 2.45) is 0 Å². The molecule has 1 fully saturated rings. The van der Waals surface area contributed by atoms with Crippen molar-refractivity contribution in [2.75, 3.05) is 19.5 Å². The fraction of sp³-hybridized carbons (Fsp3) is 0.350. The number of benzene rings is 2. The molecule has 0 aromatic heterocycles. The molecule has 1 N–H and O–H groups in total. The molecule has 0 heterocycles. The number of methoxy groups -OCH3 is 2. The number of carbonyl (C=O) groups is 1. The summed E-state index contributed by atoms with van der Waals surface area (Å²) < 4.78 is 38.9. The maximum Gasteiger partial charge on any atom is 0.247 e. The average molecular weight is 404 g/mol. The number of hydrogen-bond donors (Lipinski definition) is 1. The summed E-state index contributed by atoms with van der Waals surface area (Å²) in [6.45, 7) is 1.63. The molecule has 2 aromatic rings. The minimum atomic E-state index is -3.83. The van der Waals surface area contributed by atoms with Crippen LogP contribution in [0.5, 0.6) is 11.5 Å². The van der Waals surface area contributed by atoms with Gasteiger partial charge in [0.25, 0.3) is 0 Å². The molecule has 0 spiro atoms. The first-order valence-electron chi connectivity index (χ1n) is 8.95. The molecule has 0 unspecified atom stereocenters. The van der Waals surface area contributed by atoms with Crippen molar-refractivity contribution in [1.82, 2.24) is 4.31 Å². The lowest BCUT2D eigenvalue weighted by molar-refractivity contribution is -0.114. The third kappa shape index (κ3) is 4.45. The second kappa shape index (κ2) is 8.20. The maximum atomic E-state index is 13.5. The van der Waals surface area contributed by atoms with Crippen LogP contribution in [0.2, 0.25) is 0 Å². The van der Waals surface area contributed by atoms with E-state index in [0.29, 0.717) is 11.4 Å². The van der Waals surface area contributed by atoms with Crippen LogP contribution < -0.4 is 14.8 Å². The molecule has 0 atom stereocenters. The molecule has 28 heavy (non-hydrogen) atoms. The molecule has 7 nitrogen and oxygen atoms in total. The molecule has 0 saturated heterocycles. The summed E-state index contributed by atoms with van der Waals surface area (Å²) in [4.78, 5) is 11.4. The van der Waals surface area contributed by atoms with Gasteiger partial charge < -0.3 is 14.8 Å². The highest BCUT2D eigenvalue weighted by Crippen LogP contribution is 2.37. The fourth-order valence-electron chi connectivity index (χ4n) is 2.97. The molecular weight excluding hydrogens is 380 g/mol. The van der Waals surface area contributed by atoms with Gasteiger partial charge in [-0.05, 0) is 48.7 Å². The molecule has 150 valence electrons. The topological polar surface area (TPSA) is 84.9 Å². The van der Waals surface area contributed by atoms with E-state index in [1.165, 1.54) is 24.4 Å². The number of amides is 1. The van der Waals surface area contributed by atoms with Gasteiger partial charge in [-0.15, -0.1) is 0 Å². The molecule has 1 aliphatic rings. The van der Waals surface area contributed by atoms with Crippen molar-refractivity contribution in [2.45, 2.75) is 37.2 Å². The van der Waals surface area contributed by atoms with Gasteiger partial charge in [-0.2, -0.15) is 4.31 Å². The molecule has 0 aliphatic heterocycles. The van der Waals surface area contributed by atoms with Crippen molar-refractivity contribution in [3.8, 4) is 11.5 Å². The molecule has 0 radical (unpaired) electrons. The quantitative estimate of drug-likeness (QED) is 0.731. The first-order chi connectivity index (χ1) is 13.3. The summed E-state index contributed by atoms with van der Waals surface area (Å²) in [6, 6.07) is 11.9. The van der Waals surface area contributed by atoms with E-state index >= 15 is 0 Å². The van der Waals surface area contributed by atoms with E-state index in [1.54, 1.807) is 19.2 Å². The largest absolute Gasteiger partial charge is 0.497 e. The Bertz CT molecular complexity index is 953. The number of anilines is 1. The van der Waals surface area contributed by atoms with Crippen LogP contribution in [0.25, 0.3) is 0 Å². The number of carbonyl (C=O) groups excluding carboxylic acids is 1. The Kier molecular flexibility index (Phi) is 5.90. The predicted octanol–water partition coefficient (Wildman–Crippen LogP) is 3.02. The van der Waals surface area contributed by atoms with E-state index < -0.39 is 10.0 Å². The minimum absolute atomic E-state index is 0.0405. The Balaban J connectivity index is 1.96. The van der Waals surface area contributed by atoms with E-state index in [4.69, 9.17) is 9.47 Å². The Hall–Kier alpha value is -2.58. The summed E-state index contributed by atoms with van der Waals surface area (Å²) in [5.41, 5.74) is 1.28. The highest BCUT2D eigenvalue weighted by atomic mass is 32.2. The lowest BCUT2D eigenvalue weighted by atomic mass is 10.2. The van der Waals surface area contributed by atoms with Gasteiger partial charge in [0.2, 0.25) is 15.9 Å². The average Bonchev–Trinajstić information content (AvgIpc) is 3.51. The standard InChI is InChI=1S/C20H24N2O5S/c1-14(23)21-16-6-11-19(27-3)20(12-16)28(24,25)22(17-7-8-17)13-15-4-9-18(26-2)10-5-15/h4-6,9-12,17H,7-8,13H2,1-3H3,(H,21,23). The zero-order valence-corrected chi connectivity index (χ0v) is 17.0. The van der Waals surface area contributed by atoms with E-state index in [0.717, 1.165) is 18.4 Å². The number of nitrogens with one attached hydrogen (secondary N) is 1. The van der Waals surface area contributed by atoms with Crippen molar-refractivity contribution >= 4 is 21.6 Å². The predicted molar refractivity (Wildman–Crippen MR) is 106 cm³/mol. The van der Waals surface area contributed by atoms with Crippen molar-refractivity contribution in [3.05, 3.63) is 48.0 Å². The third-order valence-electron chi connectivity index (χ3n) is 4.52. The van der Waals surface area contributed by atoms with E-state index in [-0.39, 0.29) is 29.1 Å². The Morgan fingerprint density at radius 3 is 2.32 bits per heavy atom. The van der Waals surface area contributed by atoms with Crippen LogP contribution in [-0.2, 0) is 21.4 Å². The lowest BCUT2D eigenvalue weighted by Gasteiger charge is -2.23. The van der Waals surface area contributed by atoms with Crippen LogP contribution >= 0.6 is 0 Å². The summed E-state index contributed by atoms with van der Waals surface area (Å²) in [5.74, 6) is 0.689. The molecule has 1 saturated carbocycles. The normalized spacial score (nSPS) is 14.0. The van der Waals surface area contributed by atoms with Gasteiger partial charge in [0, 0.05) is 25.2 Å². The number of sulfonamides is 1. The molecule has 8 heteroatoms. The number of rotatable bonds is 8. The molecule has 1 amide bonds. The van der Waals surface area contributed by atoms with Gasteiger partial charge >= 0.3 is 0 Å². The maximum absolute atomic E-state index is 13.5. The number of nitrogens with zero attached hydrogens (tertiary/aromatic N) is 1. The highest BCUT2D eigenvalue weighted by molar-refractivity contribution is 7.89. The number of hydrogen-bond acceptors (Lipinski definition) is 5. The fourth-order valence-corrected chi connectivity index (χ4v) is 4.83. The molecule has 2 aromatic carbocycles. The second-order valence-corrected chi connectivity index (χ2v) is 8.54. The first kappa shape index (κ1) is 20.2. The Morgan fingerprint density at radius 1 is 1.11 bits per heavy atom. The first-order valence-corrected chi connectivity index (χ1v) is 10.4. The van der Waals surface area contributed by atoms with Crippen LogP contribution in [0.1, 0.15) is 25.3 Å². The van der Waals surface area contributed by atoms with Gasteiger partial charge in [-0.3, -0.25) is 4.79 Å². The summed E-state index contributed by atoms with van der Waals surface area (Å²) in [6.07, 6.45) is 1.65. The minimum Gasteiger partial charge on any atom is -0.497 e.